The van der Waals surface area contributed by atoms with Gasteiger partial charge in [-0.25, -0.2) is 0 Å². The monoisotopic (exact) mass is 267 g/mol. The molecule has 0 spiro atoms. The third kappa shape index (κ3) is 13.3. The summed E-state index contributed by atoms with van der Waals surface area (Å²) in [7, 11) is 1.54. The molecule has 0 amide bonds. The molecule has 0 atom stereocenters. The van der Waals surface area contributed by atoms with Gasteiger partial charge < -0.3 is 19.7 Å². The van der Waals surface area contributed by atoms with Gasteiger partial charge in [0.15, 0.2) is 0 Å². The molecule has 110 valence electrons. The molecule has 0 aliphatic rings. The van der Waals surface area contributed by atoms with Crippen LogP contribution in [0.3, 0.4) is 0 Å². The number of ether oxygens (including phenoxy) is 2. The molecule has 0 rings (SSSR count). The van der Waals surface area contributed by atoms with Gasteiger partial charge in [-0.2, -0.15) is 0 Å². The fourth-order valence-electron chi connectivity index (χ4n) is 1.18. The second-order valence-corrected chi connectivity index (χ2v) is 3.25. The molecule has 0 fully saturated rings. The average Bonchev–Trinajstić information content (AvgIpc) is 2.39. The summed E-state index contributed by atoms with van der Waals surface area (Å²) in [5.41, 5.74) is 0. The zero-order valence-electron chi connectivity index (χ0n) is 10.9. The van der Waals surface area contributed by atoms with Gasteiger partial charge in [-0.15, -0.1) is 0 Å². The smallest absolute Gasteiger partial charge is 0.307 e. The first-order valence-electron chi connectivity index (χ1n) is 5.66. The first-order chi connectivity index (χ1) is 8.74. The van der Waals surface area contributed by atoms with E-state index in [2.05, 4.69) is 11.7 Å². The number of carbonyl (C=O) groups excluding carboxylic acids is 1. The molecule has 0 saturated heterocycles. The number of hydrazine groups is 1. The van der Waals surface area contributed by atoms with Crippen molar-refractivity contribution in [1.82, 2.24) is 4.90 Å². The lowest BCUT2D eigenvalue weighted by molar-refractivity contribution is -0.145. The number of nitrogens with two attached hydrogens (primary N) is 2. The van der Waals surface area contributed by atoms with Crippen LogP contribution in [-0.4, -0.2) is 74.3 Å². The molecule has 0 aliphatic heterocycles. The van der Waals surface area contributed by atoms with Crippen molar-refractivity contribution in [1.29, 1.82) is 0 Å². The Morgan fingerprint density at radius 1 is 1.11 bits per heavy atom. The molecule has 0 aliphatic carbocycles. The van der Waals surface area contributed by atoms with Crippen molar-refractivity contribution in [2.75, 3.05) is 53.2 Å². The number of methoxy groups -OCH3 is 1. The summed E-state index contributed by atoms with van der Waals surface area (Å²) in [5.74, 6) is 7.71. The SMILES string of the molecule is COCCOC(=O)CCN(CCO)CCO.NN. The van der Waals surface area contributed by atoms with Crippen LogP contribution in [0.5, 0.6) is 0 Å². The van der Waals surface area contributed by atoms with Crippen LogP contribution < -0.4 is 11.7 Å². The van der Waals surface area contributed by atoms with E-state index >= 15 is 0 Å². The first-order valence-corrected chi connectivity index (χ1v) is 5.66. The minimum absolute atomic E-state index is 0.0126. The number of nitrogens with zero attached hydrogens (tertiary/aromatic N) is 1. The lowest BCUT2D eigenvalue weighted by Gasteiger charge is -2.19. The molecule has 0 aromatic heterocycles. The summed E-state index contributed by atoms with van der Waals surface area (Å²) in [6.45, 7) is 2.06. The topological polar surface area (TPSA) is 131 Å². The van der Waals surface area contributed by atoms with Gasteiger partial charge in [-0.3, -0.25) is 21.4 Å². The summed E-state index contributed by atoms with van der Waals surface area (Å²) < 4.78 is 9.61. The van der Waals surface area contributed by atoms with Crippen LogP contribution in [-0.2, 0) is 14.3 Å². The van der Waals surface area contributed by atoms with Gasteiger partial charge in [0.25, 0.3) is 0 Å². The number of esters is 1. The third-order valence-corrected chi connectivity index (χ3v) is 2.02. The number of hydrogen-bond donors (Lipinski definition) is 4. The molecule has 0 aromatic rings. The largest absolute Gasteiger partial charge is 0.463 e. The molecule has 18 heavy (non-hydrogen) atoms. The lowest BCUT2D eigenvalue weighted by atomic mass is 10.3. The van der Waals surface area contributed by atoms with Gasteiger partial charge in [0.2, 0.25) is 0 Å². The minimum Gasteiger partial charge on any atom is -0.463 e. The minimum atomic E-state index is -0.294. The Kier molecular flexibility index (Phi) is 17.6. The van der Waals surface area contributed by atoms with Crippen molar-refractivity contribution in [3.63, 3.8) is 0 Å². The summed E-state index contributed by atoms with van der Waals surface area (Å²) in [5, 5.41) is 17.5. The van der Waals surface area contributed by atoms with Crippen molar-refractivity contribution in [2.24, 2.45) is 11.7 Å². The normalized spacial score (nSPS) is 9.89. The summed E-state index contributed by atoms with van der Waals surface area (Å²) in [6.07, 6.45) is 0.254. The van der Waals surface area contributed by atoms with Crippen molar-refractivity contribution >= 4 is 5.97 Å². The van der Waals surface area contributed by atoms with E-state index in [0.29, 0.717) is 26.2 Å². The fourth-order valence-corrected chi connectivity index (χ4v) is 1.18. The molecular weight excluding hydrogens is 242 g/mol. The molecule has 8 heteroatoms. The number of rotatable bonds is 10. The maximum absolute atomic E-state index is 11.2. The molecule has 0 heterocycles. The van der Waals surface area contributed by atoms with Gasteiger partial charge in [-0.1, -0.05) is 0 Å². The number of carbonyl (C=O) groups is 1. The summed E-state index contributed by atoms with van der Waals surface area (Å²) in [4.78, 5) is 13.0. The maximum Gasteiger partial charge on any atom is 0.307 e. The highest BCUT2D eigenvalue weighted by Gasteiger charge is 2.08. The number of aliphatic hydroxyl groups excluding tert-OH is 2. The van der Waals surface area contributed by atoms with Crippen LogP contribution in [0.1, 0.15) is 6.42 Å². The molecule has 0 bridgehead atoms. The Bertz CT molecular complexity index is 177. The lowest BCUT2D eigenvalue weighted by Crippen LogP contribution is -2.32. The van der Waals surface area contributed by atoms with Gasteiger partial charge in [0.1, 0.15) is 6.61 Å². The molecule has 0 aromatic carbocycles. The van der Waals surface area contributed by atoms with Crippen molar-refractivity contribution in [3.8, 4) is 0 Å². The Balaban J connectivity index is 0. The van der Waals surface area contributed by atoms with Gasteiger partial charge >= 0.3 is 5.97 Å². The molecular formula is C10H25N3O5. The van der Waals surface area contributed by atoms with Crippen molar-refractivity contribution in [2.45, 2.75) is 6.42 Å². The zero-order valence-corrected chi connectivity index (χ0v) is 10.9. The second-order valence-electron chi connectivity index (χ2n) is 3.25. The van der Waals surface area contributed by atoms with Crippen LogP contribution in [0.2, 0.25) is 0 Å². The maximum atomic E-state index is 11.2. The standard InChI is InChI=1S/C10H21NO5.H4N2/c1-15-8-9-16-10(14)2-3-11(4-6-12)5-7-13;1-2/h12-13H,2-9H2,1H3;1-2H2. The van der Waals surface area contributed by atoms with Crippen molar-refractivity contribution < 1.29 is 24.5 Å². The Morgan fingerprint density at radius 3 is 2.11 bits per heavy atom. The van der Waals surface area contributed by atoms with Gasteiger partial charge in [0.05, 0.1) is 26.2 Å². The van der Waals surface area contributed by atoms with E-state index in [0.717, 1.165) is 0 Å². The molecule has 8 nitrogen and oxygen atoms in total. The summed E-state index contributed by atoms with van der Waals surface area (Å²) >= 11 is 0. The predicted octanol–water partition coefficient (Wildman–Crippen LogP) is -2.33. The number of hydrogen-bond acceptors (Lipinski definition) is 8. The highest BCUT2D eigenvalue weighted by atomic mass is 16.6. The predicted molar refractivity (Wildman–Crippen MR) is 66.4 cm³/mol. The van der Waals surface area contributed by atoms with E-state index in [-0.39, 0.29) is 32.2 Å². The zero-order chi connectivity index (χ0) is 14.2. The molecule has 6 N–H and O–H groups in total. The summed E-state index contributed by atoms with van der Waals surface area (Å²) in [6, 6.07) is 0. The van der Waals surface area contributed by atoms with E-state index in [1.165, 1.54) is 7.11 Å². The third-order valence-electron chi connectivity index (χ3n) is 2.02. The first kappa shape index (κ1) is 19.6. The molecule has 0 unspecified atom stereocenters. The van der Waals surface area contributed by atoms with Crippen LogP contribution in [0.15, 0.2) is 0 Å². The highest BCUT2D eigenvalue weighted by molar-refractivity contribution is 5.69. The van der Waals surface area contributed by atoms with E-state index in [4.69, 9.17) is 19.7 Å². The van der Waals surface area contributed by atoms with Crippen LogP contribution in [0.25, 0.3) is 0 Å². The van der Waals surface area contributed by atoms with Gasteiger partial charge in [-0.05, 0) is 0 Å². The van der Waals surface area contributed by atoms with Crippen molar-refractivity contribution in [3.05, 3.63) is 0 Å². The van der Waals surface area contributed by atoms with Gasteiger partial charge in [0, 0.05) is 26.7 Å². The van der Waals surface area contributed by atoms with E-state index in [1.54, 1.807) is 4.90 Å². The second kappa shape index (κ2) is 16.2. The Morgan fingerprint density at radius 2 is 1.67 bits per heavy atom. The van der Waals surface area contributed by atoms with E-state index in [1.807, 2.05) is 0 Å². The average molecular weight is 267 g/mol. The Hall–Kier alpha value is -0.770. The van der Waals surface area contributed by atoms with E-state index in [9.17, 15) is 4.79 Å². The fraction of sp³-hybridized carbons (Fsp3) is 0.900. The van der Waals surface area contributed by atoms with Crippen LogP contribution >= 0.6 is 0 Å². The van der Waals surface area contributed by atoms with Crippen LogP contribution in [0, 0.1) is 0 Å². The molecule has 0 saturated carbocycles. The number of aliphatic hydroxyl groups is 2. The quantitative estimate of drug-likeness (QED) is 0.150. The van der Waals surface area contributed by atoms with E-state index < -0.39 is 0 Å². The molecule has 0 radical (unpaired) electrons. The Labute approximate surface area is 107 Å². The van der Waals surface area contributed by atoms with Crippen LogP contribution in [0.4, 0.5) is 0 Å². The highest BCUT2D eigenvalue weighted by Crippen LogP contribution is 1.93.